The highest BCUT2D eigenvalue weighted by Gasteiger charge is 2.07. The van der Waals surface area contributed by atoms with Gasteiger partial charge in [-0.25, -0.2) is 4.98 Å². The van der Waals surface area contributed by atoms with Crippen molar-refractivity contribution in [3.05, 3.63) is 23.2 Å². The van der Waals surface area contributed by atoms with Crippen molar-refractivity contribution in [3.63, 3.8) is 0 Å². The molecule has 0 fully saturated rings. The third-order valence-corrected chi connectivity index (χ3v) is 2.99. The molecule has 5 heteroatoms. The predicted octanol–water partition coefficient (Wildman–Crippen LogP) is 3.09. The Morgan fingerprint density at radius 3 is 3.00 bits per heavy atom. The lowest BCUT2D eigenvalue weighted by molar-refractivity contribution is 0.129. The van der Waals surface area contributed by atoms with Crippen LogP contribution in [0.4, 0.5) is 5.95 Å². The molecule has 4 nitrogen and oxygen atoms in total. The molecule has 0 amide bonds. The summed E-state index contributed by atoms with van der Waals surface area (Å²) in [5.41, 5.74) is 7.78. The minimum atomic E-state index is 0.530. The Labute approximate surface area is 112 Å². The molecule has 1 aromatic carbocycles. The average molecular weight is 268 g/mol. The molecular weight excluding hydrogens is 250 g/mol. The first-order valence-corrected chi connectivity index (χ1v) is 6.59. The van der Waals surface area contributed by atoms with Gasteiger partial charge in [-0.05, 0) is 31.0 Å². The molecule has 0 atom stereocenters. The molecule has 0 radical (unpaired) electrons. The molecule has 0 saturated heterocycles. The second-order valence-corrected chi connectivity index (χ2v) is 4.66. The van der Waals surface area contributed by atoms with Crippen molar-refractivity contribution >= 4 is 28.6 Å². The first-order valence-electron chi connectivity index (χ1n) is 6.21. The van der Waals surface area contributed by atoms with Gasteiger partial charge in [0.1, 0.15) is 0 Å². The Morgan fingerprint density at radius 1 is 1.39 bits per heavy atom. The van der Waals surface area contributed by atoms with E-state index in [-0.39, 0.29) is 0 Å². The molecule has 1 heterocycles. The standard InChI is InChI=1S/C13H18ClN3O/c1-2-7-18-8-3-6-17-12-9-10(14)4-5-11(12)16-13(17)15/h4-5,9H,2-3,6-8H2,1H3,(H2,15,16). The van der Waals surface area contributed by atoms with Gasteiger partial charge in [0.15, 0.2) is 0 Å². The first-order chi connectivity index (χ1) is 8.72. The topological polar surface area (TPSA) is 53.1 Å². The van der Waals surface area contributed by atoms with Gasteiger partial charge in [0.05, 0.1) is 11.0 Å². The SMILES string of the molecule is CCCOCCCn1c(N)nc2ccc(Cl)cc21. The van der Waals surface area contributed by atoms with Crippen molar-refractivity contribution in [1.82, 2.24) is 9.55 Å². The lowest BCUT2D eigenvalue weighted by Gasteiger charge is -2.07. The van der Waals surface area contributed by atoms with Crippen LogP contribution < -0.4 is 5.73 Å². The number of benzene rings is 1. The van der Waals surface area contributed by atoms with Crippen LogP contribution in [0.2, 0.25) is 5.02 Å². The monoisotopic (exact) mass is 267 g/mol. The van der Waals surface area contributed by atoms with Gasteiger partial charge in [0.25, 0.3) is 0 Å². The number of anilines is 1. The fourth-order valence-electron chi connectivity index (χ4n) is 1.92. The molecular formula is C13H18ClN3O. The van der Waals surface area contributed by atoms with Crippen molar-refractivity contribution in [2.45, 2.75) is 26.3 Å². The number of fused-ring (bicyclic) bond motifs is 1. The first kappa shape index (κ1) is 13.2. The molecule has 18 heavy (non-hydrogen) atoms. The van der Waals surface area contributed by atoms with Gasteiger partial charge >= 0.3 is 0 Å². The van der Waals surface area contributed by atoms with Crippen LogP contribution in [0.5, 0.6) is 0 Å². The molecule has 0 spiro atoms. The number of hydrogen-bond donors (Lipinski definition) is 1. The van der Waals surface area contributed by atoms with Gasteiger partial charge in [-0.1, -0.05) is 18.5 Å². The zero-order valence-corrected chi connectivity index (χ0v) is 11.3. The van der Waals surface area contributed by atoms with Crippen LogP contribution in [0.25, 0.3) is 11.0 Å². The summed E-state index contributed by atoms with van der Waals surface area (Å²) in [5.74, 6) is 0.530. The van der Waals surface area contributed by atoms with Crippen molar-refractivity contribution in [1.29, 1.82) is 0 Å². The van der Waals surface area contributed by atoms with E-state index in [1.54, 1.807) is 0 Å². The number of hydrogen-bond acceptors (Lipinski definition) is 3. The zero-order chi connectivity index (χ0) is 13.0. The fourth-order valence-corrected chi connectivity index (χ4v) is 2.09. The predicted molar refractivity (Wildman–Crippen MR) is 74.9 cm³/mol. The largest absolute Gasteiger partial charge is 0.381 e. The van der Waals surface area contributed by atoms with Crippen LogP contribution >= 0.6 is 11.6 Å². The Hall–Kier alpha value is -1.26. The van der Waals surface area contributed by atoms with Crippen molar-refractivity contribution in [2.24, 2.45) is 0 Å². The maximum Gasteiger partial charge on any atom is 0.201 e. The number of imidazole rings is 1. The van der Waals surface area contributed by atoms with E-state index in [0.29, 0.717) is 11.0 Å². The number of aryl methyl sites for hydroxylation is 1. The number of ether oxygens (including phenoxy) is 1. The zero-order valence-electron chi connectivity index (χ0n) is 10.5. The number of halogens is 1. The molecule has 2 rings (SSSR count). The average Bonchev–Trinajstić information content (AvgIpc) is 2.65. The minimum Gasteiger partial charge on any atom is -0.381 e. The van der Waals surface area contributed by atoms with Crippen LogP contribution in [0.1, 0.15) is 19.8 Å². The summed E-state index contributed by atoms with van der Waals surface area (Å²) in [4.78, 5) is 4.31. The smallest absolute Gasteiger partial charge is 0.201 e. The van der Waals surface area contributed by atoms with Crippen LogP contribution in [0.15, 0.2) is 18.2 Å². The van der Waals surface area contributed by atoms with E-state index in [2.05, 4.69) is 11.9 Å². The van der Waals surface area contributed by atoms with E-state index in [1.807, 2.05) is 22.8 Å². The summed E-state index contributed by atoms with van der Waals surface area (Å²) in [7, 11) is 0. The summed E-state index contributed by atoms with van der Waals surface area (Å²) in [5, 5.41) is 0.700. The Bertz CT molecular complexity index is 524. The highest BCUT2D eigenvalue weighted by Crippen LogP contribution is 2.22. The number of nitrogen functional groups attached to an aromatic ring is 1. The van der Waals surface area contributed by atoms with E-state index in [1.165, 1.54) is 0 Å². The van der Waals surface area contributed by atoms with Gasteiger partial charge in [0, 0.05) is 24.8 Å². The van der Waals surface area contributed by atoms with Crippen LogP contribution in [0.3, 0.4) is 0 Å². The molecule has 2 aromatic rings. The van der Waals surface area contributed by atoms with E-state index in [4.69, 9.17) is 22.1 Å². The lowest BCUT2D eigenvalue weighted by Crippen LogP contribution is -2.06. The number of rotatable bonds is 6. The Morgan fingerprint density at radius 2 is 2.22 bits per heavy atom. The molecule has 0 aliphatic heterocycles. The Kier molecular flexibility index (Phi) is 4.44. The molecule has 2 N–H and O–H groups in total. The molecule has 0 aliphatic carbocycles. The molecule has 0 unspecified atom stereocenters. The quantitative estimate of drug-likeness (QED) is 0.819. The van der Waals surface area contributed by atoms with Crippen molar-refractivity contribution in [3.8, 4) is 0 Å². The molecule has 1 aromatic heterocycles. The van der Waals surface area contributed by atoms with E-state index in [0.717, 1.165) is 43.6 Å². The van der Waals surface area contributed by atoms with Gasteiger partial charge < -0.3 is 15.0 Å². The lowest BCUT2D eigenvalue weighted by atomic mass is 10.3. The highest BCUT2D eigenvalue weighted by atomic mass is 35.5. The second kappa shape index (κ2) is 6.07. The Balaban J connectivity index is 2.07. The van der Waals surface area contributed by atoms with Gasteiger partial charge in [-0.15, -0.1) is 0 Å². The third-order valence-electron chi connectivity index (χ3n) is 2.76. The maximum atomic E-state index is 6.00. The van der Waals surface area contributed by atoms with Gasteiger partial charge in [-0.3, -0.25) is 0 Å². The van der Waals surface area contributed by atoms with E-state index >= 15 is 0 Å². The summed E-state index contributed by atoms with van der Waals surface area (Å²) in [6.45, 7) is 4.45. The van der Waals surface area contributed by atoms with Crippen LogP contribution in [-0.4, -0.2) is 22.8 Å². The maximum absolute atomic E-state index is 6.00. The van der Waals surface area contributed by atoms with E-state index in [9.17, 15) is 0 Å². The minimum absolute atomic E-state index is 0.530. The number of nitrogens with two attached hydrogens (primary N) is 1. The van der Waals surface area contributed by atoms with Crippen molar-refractivity contribution < 1.29 is 4.74 Å². The summed E-state index contributed by atoms with van der Waals surface area (Å²) in [6, 6.07) is 5.61. The van der Waals surface area contributed by atoms with Crippen LogP contribution in [-0.2, 0) is 11.3 Å². The summed E-state index contributed by atoms with van der Waals surface area (Å²) >= 11 is 6.00. The number of aromatic nitrogens is 2. The van der Waals surface area contributed by atoms with Gasteiger partial charge in [0.2, 0.25) is 5.95 Å². The molecule has 98 valence electrons. The summed E-state index contributed by atoms with van der Waals surface area (Å²) < 4.78 is 7.44. The third kappa shape index (κ3) is 2.94. The van der Waals surface area contributed by atoms with Crippen LogP contribution in [0, 0.1) is 0 Å². The molecule has 0 bridgehead atoms. The second-order valence-electron chi connectivity index (χ2n) is 4.22. The fraction of sp³-hybridized carbons (Fsp3) is 0.462. The normalized spacial score (nSPS) is 11.2. The highest BCUT2D eigenvalue weighted by molar-refractivity contribution is 6.31. The summed E-state index contributed by atoms with van der Waals surface area (Å²) in [6.07, 6.45) is 1.97. The van der Waals surface area contributed by atoms with E-state index < -0.39 is 0 Å². The number of nitrogens with zero attached hydrogens (tertiary/aromatic N) is 2. The van der Waals surface area contributed by atoms with Crippen molar-refractivity contribution in [2.75, 3.05) is 18.9 Å². The molecule has 0 saturated carbocycles. The van der Waals surface area contributed by atoms with Gasteiger partial charge in [-0.2, -0.15) is 0 Å². The molecule has 0 aliphatic rings.